The Morgan fingerprint density at radius 3 is 3.00 bits per heavy atom. The summed E-state index contributed by atoms with van der Waals surface area (Å²) >= 11 is 0. The second-order valence-electron chi connectivity index (χ2n) is 4.46. The zero-order valence-corrected chi connectivity index (χ0v) is 10.6. The van der Waals surface area contributed by atoms with Crippen LogP contribution in [0, 0.1) is 5.92 Å². The average Bonchev–Trinajstić information content (AvgIpc) is 2.85. The van der Waals surface area contributed by atoms with Crippen LogP contribution in [-0.2, 0) is 21.1 Å². The van der Waals surface area contributed by atoms with Crippen molar-refractivity contribution in [2.24, 2.45) is 11.7 Å². The Morgan fingerprint density at radius 1 is 1.71 bits per heavy atom. The summed E-state index contributed by atoms with van der Waals surface area (Å²) in [4.78, 5) is 0.229. The molecule has 1 aliphatic rings. The number of rotatable bonds is 4. The highest BCUT2D eigenvalue weighted by Crippen LogP contribution is 2.16. The van der Waals surface area contributed by atoms with E-state index in [2.05, 4.69) is 5.10 Å². The van der Waals surface area contributed by atoms with E-state index < -0.39 is 9.84 Å². The Labute approximate surface area is 101 Å². The summed E-state index contributed by atoms with van der Waals surface area (Å²) in [6, 6.07) is -0.0511. The summed E-state index contributed by atoms with van der Waals surface area (Å²) in [7, 11) is -3.19. The molecule has 6 nitrogen and oxygen atoms in total. The topological polar surface area (TPSA) is 87.2 Å². The average molecular weight is 259 g/mol. The molecule has 1 saturated heterocycles. The largest absolute Gasteiger partial charge is 0.381 e. The van der Waals surface area contributed by atoms with E-state index in [4.69, 9.17) is 10.5 Å². The molecule has 0 aromatic carbocycles. The molecule has 0 saturated carbocycles. The Morgan fingerprint density at radius 2 is 2.47 bits per heavy atom. The van der Waals surface area contributed by atoms with Gasteiger partial charge in [0.05, 0.1) is 19.3 Å². The number of ether oxygens (including phenoxy) is 1. The van der Waals surface area contributed by atoms with Crippen molar-refractivity contribution in [3.63, 3.8) is 0 Å². The van der Waals surface area contributed by atoms with Gasteiger partial charge in [-0.15, -0.1) is 0 Å². The Bertz CT molecular complexity index is 477. The van der Waals surface area contributed by atoms with E-state index in [0.717, 1.165) is 13.0 Å². The van der Waals surface area contributed by atoms with Gasteiger partial charge in [0.15, 0.2) is 9.84 Å². The number of sulfone groups is 1. The Hall–Kier alpha value is -0.920. The van der Waals surface area contributed by atoms with Crippen molar-refractivity contribution in [1.82, 2.24) is 9.78 Å². The van der Waals surface area contributed by atoms with E-state index in [-0.39, 0.29) is 10.9 Å². The molecule has 0 amide bonds. The van der Waals surface area contributed by atoms with Crippen molar-refractivity contribution >= 4 is 9.84 Å². The fourth-order valence-corrected chi connectivity index (χ4v) is 2.44. The number of hydrogen-bond acceptors (Lipinski definition) is 5. The van der Waals surface area contributed by atoms with Crippen LogP contribution in [0.15, 0.2) is 17.3 Å². The van der Waals surface area contributed by atoms with Crippen LogP contribution in [0.1, 0.15) is 6.42 Å². The van der Waals surface area contributed by atoms with Crippen LogP contribution >= 0.6 is 0 Å². The standard InChI is InChI=1S/C10H17N3O3S/c1-17(14,15)9-4-12-13(5-9)6-10(11)8-2-3-16-7-8/h4-5,8,10H,2-3,6-7,11H2,1H3. The predicted molar refractivity (Wildman–Crippen MR) is 62.2 cm³/mol. The molecule has 1 aliphatic heterocycles. The van der Waals surface area contributed by atoms with Crippen molar-refractivity contribution in [2.75, 3.05) is 19.5 Å². The predicted octanol–water partition coefficient (Wildman–Crippen LogP) is -0.350. The van der Waals surface area contributed by atoms with Gasteiger partial charge in [0.2, 0.25) is 0 Å². The first kappa shape index (κ1) is 12.5. The van der Waals surface area contributed by atoms with E-state index >= 15 is 0 Å². The fraction of sp³-hybridized carbons (Fsp3) is 0.700. The Kier molecular flexibility index (Phi) is 3.50. The second kappa shape index (κ2) is 4.75. The third-order valence-corrected chi connectivity index (χ3v) is 4.07. The summed E-state index contributed by atoms with van der Waals surface area (Å²) in [5, 5.41) is 4.01. The van der Waals surface area contributed by atoms with Crippen LogP contribution in [-0.4, -0.2) is 43.7 Å². The maximum absolute atomic E-state index is 11.3. The van der Waals surface area contributed by atoms with E-state index in [9.17, 15) is 8.42 Å². The van der Waals surface area contributed by atoms with Crippen molar-refractivity contribution in [1.29, 1.82) is 0 Å². The van der Waals surface area contributed by atoms with Gasteiger partial charge in [0, 0.05) is 31.0 Å². The second-order valence-corrected chi connectivity index (χ2v) is 6.47. The smallest absolute Gasteiger partial charge is 0.178 e. The number of aromatic nitrogens is 2. The molecule has 2 unspecified atom stereocenters. The van der Waals surface area contributed by atoms with E-state index in [1.807, 2.05) is 0 Å². The quantitative estimate of drug-likeness (QED) is 0.798. The van der Waals surface area contributed by atoms with Gasteiger partial charge in [0.25, 0.3) is 0 Å². The summed E-state index contributed by atoms with van der Waals surface area (Å²) in [5.41, 5.74) is 6.04. The molecule has 2 atom stereocenters. The number of nitrogens with two attached hydrogens (primary N) is 1. The molecule has 17 heavy (non-hydrogen) atoms. The molecule has 1 fully saturated rings. The van der Waals surface area contributed by atoms with Gasteiger partial charge in [-0.05, 0) is 6.42 Å². The summed E-state index contributed by atoms with van der Waals surface area (Å²) in [5.74, 6) is 0.334. The maximum atomic E-state index is 11.3. The summed E-state index contributed by atoms with van der Waals surface area (Å²) < 4.78 is 29.4. The van der Waals surface area contributed by atoms with E-state index in [1.54, 1.807) is 4.68 Å². The van der Waals surface area contributed by atoms with Gasteiger partial charge in [-0.3, -0.25) is 4.68 Å². The zero-order valence-electron chi connectivity index (χ0n) is 9.74. The molecule has 0 radical (unpaired) electrons. The van der Waals surface area contributed by atoms with Gasteiger partial charge < -0.3 is 10.5 Å². The molecule has 96 valence electrons. The van der Waals surface area contributed by atoms with Crippen LogP contribution in [0.4, 0.5) is 0 Å². The lowest BCUT2D eigenvalue weighted by atomic mass is 10.0. The molecule has 2 rings (SSSR count). The first-order valence-corrected chi connectivity index (χ1v) is 7.42. The molecule has 0 bridgehead atoms. The van der Waals surface area contributed by atoms with Crippen molar-refractivity contribution in [2.45, 2.75) is 23.9 Å². The monoisotopic (exact) mass is 259 g/mol. The minimum absolute atomic E-state index is 0.0511. The molecule has 1 aromatic rings. The molecular weight excluding hydrogens is 242 g/mol. The highest BCUT2D eigenvalue weighted by molar-refractivity contribution is 7.90. The molecule has 7 heteroatoms. The van der Waals surface area contributed by atoms with Gasteiger partial charge in [0.1, 0.15) is 4.90 Å². The number of hydrogen-bond donors (Lipinski definition) is 1. The minimum Gasteiger partial charge on any atom is -0.381 e. The maximum Gasteiger partial charge on any atom is 0.178 e. The molecule has 2 N–H and O–H groups in total. The van der Waals surface area contributed by atoms with Gasteiger partial charge >= 0.3 is 0 Å². The summed E-state index contributed by atoms with van der Waals surface area (Å²) in [6.45, 7) is 1.96. The van der Waals surface area contributed by atoms with Crippen molar-refractivity contribution < 1.29 is 13.2 Å². The van der Waals surface area contributed by atoms with Crippen LogP contribution in [0.3, 0.4) is 0 Å². The fourth-order valence-electron chi connectivity index (χ4n) is 1.89. The SMILES string of the molecule is CS(=O)(=O)c1cnn(CC(N)C2CCOC2)c1. The van der Waals surface area contributed by atoms with Gasteiger partial charge in [-0.1, -0.05) is 0 Å². The number of nitrogens with zero attached hydrogens (tertiary/aromatic N) is 2. The molecule has 2 heterocycles. The van der Waals surface area contributed by atoms with Gasteiger partial charge in [-0.25, -0.2) is 8.42 Å². The highest BCUT2D eigenvalue weighted by atomic mass is 32.2. The van der Waals surface area contributed by atoms with Crippen molar-refractivity contribution in [3.8, 4) is 0 Å². The first-order chi connectivity index (χ1) is 7.97. The van der Waals surface area contributed by atoms with Crippen LogP contribution in [0.5, 0.6) is 0 Å². The third kappa shape index (κ3) is 3.05. The molecule has 0 spiro atoms. The lowest BCUT2D eigenvalue weighted by molar-refractivity contribution is 0.178. The van der Waals surface area contributed by atoms with Crippen LogP contribution < -0.4 is 5.73 Å². The van der Waals surface area contributed by atoms with Gasteiger partial charge in [-0.2, -0.15) is 5.10 Å². The lowest BCUT2D eigenvalue weighted by Crippen LogP contribution is -2.34. The Balaban J connectivity index is 2.01. The normalized spacial score (nSPS) is 22.8. The minimum atomic E-state index is -3.19. The third-order valence-electron chi connectivity index (χ3n) is 3.01. The first-order valence-electron chi connectivity index (χ1n) is 5.52. The highest BCUT2D eigenvalue weighted by Gasteiger charge is 2.23. The molecule has 0 aliphatic carbocycles. The van der Waals surface area contributed by atoms with E-state index in [0.29, 0.717) is 19.1 Å². The van der Waals surface area contributed by atoms with Crippen molar-refractivity contribution in [3.05, 3.63) is 12.4 Å². The molecule has 1 aromatic heterocycles. The summed E-state index contributed by atoms with van der Waals surface area (Å²) in [6.07, 6.45) is 5.00. The molecular formula is C10H17N3O3S. The van der Waals surface area contributed by atoms with E-state index in [1.165, 1.54) is 18.6 Å². The lowest BCUT2D eigenvalue weighted by Gasteiger charge is -2.17. The van der Waals surface area contributed by atoms with Crippen LogP contribution in [0.25, 0.3) is 0 Å². The zero-order chi connectivity index (χ0) is 12.5. The van der Waals surface area contributed by atoms with Crippen LogP contribution in [0.2, 0.25) is 0 Å².